The van der Waals surface area contributed by atoms with Crippen LogP contribution < -0.4 is 10.2 Å². The zero-order chi connectivity index (χ0) is 29.1. The highest BCUT2D eigenvalue weighted by molar-refractivity contribution is 7.96. The number of hydrogen-bond donors (Lipinski definition) is 1. The number of anilines is 2. The first kappa shape index (κ1) is 28.9. The number of benzene rings is 1. The first-order chi connectivity index (χ1) is 19.6. The van der Waals surface area contributed by atoms with E-state index in [0.29, 0.717) is 54.8 Å². The van der Waals surface area contributed by atoms with E-state index in [9.17, 15) is 22.4 Å². The Morgan fingerprint density at radius 3 is 2.61 bits per heavy atom. The van der Waals surface area contributed by atoms with Gasteiger partial charge in [-0.05, 0) is 60.6 Å². The Morgan fingerprint density at radius 2 is 1.90 bits per heavy atom. The van der Waals surface area contributed by atoms with Gasteiger partial charge >= 0.3 is 6.18 Å². The predicted molar refractivity (Wildman–Crippen MR) is 150 cm³/mol. The molecular formula is C29H27F4N5O2S. The van der Waals surface area contributed by atoms with Crippen molar-refractivity contribution >= 4 is 29.2 Å². The number of aromatic nitrogens is 2. The molecule has 41 heavy (non-hydrogen) atoms. The fourth-order valence-electron chi connectivity index (χ4n) is 4.59. The number of ether oxygens (including phenoxy) is 1. The van der Waals surface area contributed by atoms with Gasteiger partial charge in [-0.15, -0.1) is 0 Å². The molecule has 3 aromatic rings. The molecule has 1 N–H and O–H groups in total. The predicted octanol–water partition coefficient (Wildman–Crippen LogP) is 5.26. The molecule has 2 aromatic heterocycles. The fourth-order valence-corrected chi connectivity index (χ4v) is 5.25. The number of carbonyl (C=O) groups is 1. The maximum absolute atomic E-state index is 14.9. The largest absolute Gasteiger partial charge is 0.433 e. The summed E-state index contributed by atoms with van der Waals surface area (Å²) in [6.45, 7) is 6.01. The molecule has 0 bridgehead atoms. The zero-order valence-corrected chi connectivity index (χ0v) is 23.2. The molecule has 5 rings (SSSR count). The van der Waals surface area contributed by atoms with Gasteiger partial charge in [0.05, 0.1) is 24.6 Å². The van der Waals surface area contributed by atoms with Crippen LogP contribution in [0.2, 0.25) is 0 Å². The number of pyridine rings is 2. The van der Waals surface area contributed by atoms with Crippen LogP contribution in [0.4, 0.5) is 28.9 Å². The summed E-state index contributed by atoms with van der Waals surface area (Å²) in [4.78, 5) is 22.8. The normalized spacial score (nSPS) is 16.1. The Morgan fingerprint density at radius 1 is 1.15 bits per heavy atom. The topological polar surface area (TPSA) is 70.6 Å². The van der Waals surface area contributed by atoms with E-state index < -0.39 is 23.6 Å². The molecule has 2 saturated heterocycles. The van der Waals surface area contributed by atoms with E-state index in [-0.39, 0.29) is 17.2 Å². The average molecular weight is 586 g/mol. The summed E-state index contributed by atoms with van der Waals surface area (Å²) >= 11 is 1.70. The second-order valence-corrected chi connectivity index (χ2v) is 10.6. The van der Waals surface area contributed by atoms with Crippen LogP contribution in [-0.2, 0) is 10.9 Å². The fraction of sp³-hybridized carbons (Fsp3) is 0.345. The summed E-state index contributed by atoms with van der Waals surface area (Å²) in [5, 5.41) is 2.40. The van der Waals surface area contributed by atoms with Crippen LogP contribution in [0.3, 0.4) is 0 Å². The van der Waals surface area contributed by atoms with Gasteiger partial charge in [0, 0.05) is 55.6 Å². The van der Waals surface area contributed by atoms with Crippen LogP contribution in [0, 0.1) is 30.5 Å². The highest BCUT2D eigenvalue weighted by Gasteiger charge is 2.33. The van der Waals surface area contributed by atoms with Crippen molar-refractivity contribution < 1.29 is 27.1 Å². The number of hydrogen-bond acceptors (Lipinski definition) is 7. The number of amides is 1. The third-order valence-electron chi connectivity index (χ3n) is 6.91. The van der Waals surface area contributed by atoms with Crippen molar-refractivity contribution in [1.29, 1.82) is 0 Å². The van der Waals surface area contributed by atoms with Crippen LogP contribution in [0.25, 0.3) is 11.1 Å². The maximum Gasteiger partial charge on any atom is 0.433 e. The molecular weight excluding hydrogens is 558 g/mol. The number of alkyl halides is 3. The highest BCUT2D eigenvalue weighted by atomic mass is 32.2. The van der Waals surface area contributed by atoms with Gasteiger partial charge < -0.3 is 15.0 Å². The minimum absolute atomic E-state index is 0.166. The SMILES string of the molecule is CSN1CC(C#Cc2ncc(-c3cc(NC(=O)c4ccnc(C(F)(F)F)c4)c(F)cc3C)cc2N2CCOCC2)C1. The minimum Gasteiger partial charge on any atom is -0.378 e. The minimum atomic E-state index is -4.72. The van der Waals surface area contributed by atoms with E-state index >= 15 is 0 Å². The van der Waals surface area contributed by atoms with Gasteiger partial charge in [0.2, 0.25) is 0 Å². The van der Waals surface area contributed by atoms with E-state index in [1.54, 1.807) is 25.1 Å². The Balaban J connectivity index is 1.45. The molecule has 1 aromatic carbocycles. The number of aryl methyl sites for hydroxylation is 1. The first-order valence-corrected chi connectivity index (χ1v) is 14.1. The molecule has 2 aliphatic rings. The lowest BCUT2D eigenvalue weighted by molar-refractivity contribution is -0.141. The molecule has 0 spiro atoms. The highest BCUT2D eigenvalue weighted by Crippen LogP contribution is 2.33. The lowest BCUT2D eigenvalue weighted by Gasteiger charge is -2.33. The van der Waals surface area contributed by atoms with Gasteiger partial charge in [0.25, 0.3) is 5.91 Å². The third-order valence-corrected chi connectivity index (χ3v) is 7.72. The Labute approximate surface area is 239 Å². The van der Waals surface area contributed by atoms with Crippen LogP contribution in [0.5, 0.6) is 0 Å². The van der Waals surface area contributed by atoms with E-state index in [0.717, 1.165) is 31.0 Å². The number of morpholine rings is 1. The van der Waals surface area contributed by atoms with Gasteiger partial charge in [-0.25, -0.2) is 13.7 Å². The lowest BCUT2D eigenvalue weighted by Crippen LogP contribution is -2.40. The van der Waals surface area contributed by atoms with Crippen molar-refractivity contribution in [3.63, 3.8) is 0 Å². The molecule has 4 heterocycles. The summed E-state index contributed by atoms with van der Waals surface area (Å²) in [6, 6.07) is 6.45. The van der Waals surface area contributed by atoms with E-state index in [1.165, 1.54) is 12.1 Å². The molecule has 1 amide bonds. The molecule has 7 nitrogen and oxygen atoms in total. The maximum atomic E-state index is 14.9. The second-order valence-electron chi connectivity index (χ2n) is 9.72. The van der Waals surface area contributed by atoms with E-state index in [4.69, 9.17) is 4.74 Å². The van der Waals surface area contributed by atoms with Crippen LogP contribution in [-0.4, -0.2) is 65.8 Å². The van der Waals surface area contributed by atoms with Crippen molar-refractivity contribution in [3.05, 3.63) is 71.1 Å². The molecule has 12 heteroatoms. The first-order valence-electron chi connectivity index (χ1n) is 12.9. The molecule has 0 atom stereocenters. The van der Waals surface area contributed by atoms with Gasteiger partial charge in [0.1, 0.15) is 17.2 Å². The number of nitrogens with zero attached hydrogens (tertiary/aromatic N) is 4. The van der Waals surface area contributed by atoms with E-state index in [2.05, 4.69) is 36.3 Å². The molecule has 0 saturated carbocycles. The Kier molecular flexibility index (Phi) is 8.49. The van der Waals surface area contributed by atoms with Crippen LogP contribution in [0.1, 0.15) is 27.3 Å². The number of carbonyl (C=O) groups excluding carboxylic acids is 1. The van der Waals surface area contributed by atoms with Gasteiger partial charge in [-0.3, -0.25) is 9.78 Å². The second kappa shape index (κ2) is 12.1. The lowest BCUT2D eigenvalue weighted by atomic mass is 9.99. The number of halogens is 4. The smallest absolute Gasteiger partial charge is 0.378 e. The van der Waals surface area contributed by atoms with Crippen molar-refractivity contribution in [3.8, 4) is 23.0 Å². The summed E-state index contributed by atoms with van der Waals surface area (Å²) in [6.07, 6.45) is -0.125. The van der Waals surface area contributed by atoms with Crippen molar-refractivity contribution in [2.75, 3.05) is 55.9 Å². The van der Waals surface area contributed by atoms with Crippen molar-refractivity contribution in [1.82, 2.24) is 14.3 Å². The molecule has 0 unspecified atom stereocenters. The molecule has 0 aliphatic carbocycles. The monoisotopic (exact) mass is 585 g/mol. The van der Waals surface area contributed by atoms with Crippen molar-refractivity contribution in [2.24, 2.45) is 5.92 Å². The van der Waals surface area contributed by atoms with Crippen LogP contribution in [0.15, 0.2) is 42.7 Å². The molecule has 2 aliphatic heterocycles. The Hall–Kier alpha value is -3.66. The summed E-state index contributed by atoms with van der Waals surface area (Å²) in [5.41, 5.74) is 1.72. The van der Waals surface area contributed by atoms with Gasteiger partial charge in [-0.2, -0.15) is 13.2 Å². The molecule has 2 fully saturated rings. The summed E-state index contributed by atoms with van der Waals surface area (Å²) in [5.74, 6) is 5.24. The average Bonchev–Trinajstić information content (AvgIpc) is 2.94. The molecule has 214 valence electrons. The summed E-state index contributed by atoms with van der Waals surface area (Å²) in [7, 11) is 0. The third kappa shape index (κ3) is 6.64. The van der Waals surface area contributed by atoms with Gasteiger partial charge in [0.15, 0.2) is 0 Å². The van der Waals surface area contributed by atoms with E-state index in [1.807, 2.05) is 12.3 Å². The zero-order valence-electron chi connectivity index (χ0n) is 22.4. The number of nitrogens with one attached hydrogen (secondary N) is 1. The quantitative estimate of drug-likeness (QED) is 0.249. The standard InChI is InChI=1S/C29H27F4N5O2S/c1-18-11-23(30)25(36-28(39)20-5-6-34-27(13-20)29(31,32)33)14-22(18)21-12-26(37-7-9-40-10-8-37)24(35-15-21)4-3-19-16-38(17-19)41-2/h5-6,11-15,19H,7-10,16-17H2,1-2H3,(H,36,39). The molecule has 0 radical (unpaired) electrons. The Bertz CT molecular complexity index is 1510. The van der Waals surface area contributed by atoms with Gasteiger partial charge in [-0.1, -0.05) is 17.9 Å². The van der Waals surface area contributed by atoms with Crippen molar-refractivity contribution in [2.45, 2.75) is 13.1 Å². The number of rotatable bonds is 5. The van der Waals surface area contributed by atoms with Crippen LogP contribution >= 0.6 is 11.9 Å². The summed E-state index contributed by atoms with van der Waals surface area (Å²) < 4.78 is 61.9.